The van der Waals surface area contributed by atoms with Crippen LogP contribution in [0.5, 0.6) is 11.5 Å². The lowest BCUT2D eigenvalue weighted by Gasteiger charge is -2.05. The Morgan fingerprint density at radius 1 is 1.14 bits per heavy atom. The molecule has 0 radical (unpaired) electrons. The van der Waals surface area contributed by atoms with E-state index in [1.165, 1.54) is 0 Å². The van der Waals surface area contributed by atoms with Gasteiger partial charge in [-0.3, -0.25) is 4.79 Å². The summed E-state index contributed by atoms with van der Waals surface area (Å²) in [5, 5.41) is 2.93. The molecule has 116 valence electrons. The molecule has 0 fully saturated rings. The maximum absolute atomic E-state index is 11.8. The molecule has 0 bridgehead atoms. The number of nitrogens with one attached hydrogen (secondary N) is 1. The molecule has 1 amide bonds. The van der Waals surface area contributed by atoms with Crippen LogP contribution < -0.4 is 14.8 Å². The third-order valence-corrected chi connectivity index (χ3v) is 3.58. The van der Waals surface area contributed by atoms with Crippen LogP contribution in [0.4, 0.5) is 0 Å². The minimum absolute atomic E-state index is 0.0668. The van der Waals surface area contributed by atoms with Gasteiger partial charge in [0.1, 0.15) is 5.76 Å². The first-order chi connectivity index (χ1) is 10.8. The minimum Gasteiger partial charge on any atom is -0.469 e. The van der Waals surface area contributed by atoms with Crippen LogP contribution in [0.1, 0.15) is 24.2 Å². The van der Waals surface area contributed by atoms with Crippen molar-refractivity contribution in [2.24, 2.45) is 0 Å². The Kier molecular flexibility index (Phi) is 4.63. The van der Waals surface area contributed by atoms with Gasteiger partial charge in [-0.2, -0.15) is 0 Å². The first kappa shape index (κ1) is 14.5. The van der Waals surface area contributed by atoms with E-state index in [-0.39, 0.29) is 12.7 Å². The number of furan rings is 1. The van der Waals surface area contributed by atoms with Gasteiger partial charge in [0.2, 0.25) is 12.7 Å². The zero-order valence-corrected chi connectivity index (χ0v) is 12.3. The largest absolute Gasteiger partial charge is 0.469 e. The highest BCUT2D eigenvalue weighted by molar-refractivity contribution is 5.76. The summed E-state index contributed by atoms with van der Waals surface area (Å²) in [6.07, 6.45) is 4.55. The molecule has 2 heterocycles. The first-order valence-electron chi connectivity index (χ1n) is 7.49. The second kappa shape index (κ2) is 7.02. The predicted octanol–water partition coefficient (Wildman–Crippen LogP) is 2.69. The van der Waals surface area contributed by atoms with Gasteiger partial charge in [-0.05, 0) is 42.7 Å². The average Bonchev–Trinajstić information content (AvgIpc) is 3.20. The number of fused-ring (bicyclic) bond motifs is 1. The Labute approximate surface area is 129 Å². The molecule has 5 heteroatoms. The van der Waals surface area contributed by atoms with Crippen LogP contribution >= 0.6 is 0 Å². The zero-order valence-electron chi connectivity index (χ0n) is 12.3. The standard InChI is InChI=1S/C17H19NO4/c19-17(18-9-1-3-14-4-2-10-20-14)8-6-13-5-7-15-16(11-13)22-12-21-15/h2,4-5,7,10-11H,1,3,6,8-9,12H2,(H,18,19). The molecule has 22 heavy (non-hydrogen) atoms. The molecule has 1 N–H and O–H groups in total. The molecular formula is C17H19NO4. The second-order valence-electron chi connectivity index (χ2n) is 5.22. The molecule has 0 unspecified atom stereocenters. The van der Waals surface area contributed by atoms with Crippen LogP contribution in [0.25, 0.3) is 0 Å². The van der Waals surface area contributed by atoms with Crippen LogP contribution in [-0.2, 0) is 17.6 Å². The molecule has 1 aliphatic rings. The van der Waals surface area contributed by atoms with Crippen molar-refractivity contribution in [2.75, 3.05) is 13.3 Å². The number of hydrogen-bond donors (Lipinski definition) is 1. The van der Waals surface area contributed by atoms with Crippen molar-refractivity contribution in [3.05, 3.63) is 47.9 Å². The summed E-state index contributed by atoms with van der Waals surface area (Å²) in [6.45, 7) is 0.940. The van der Waals surface area contributed by atoms with E-state index >= 15 is 0 Å². The maximum Gasteiger partial charge on any atom is 0.231 e. The third kappa shape index (κ3) is 3.81. The summed E-state index contributed by atoms with van der Waals surface area (Å²) < 4.78 is 15.8. The van der Waals surface area contributed by atoms with Crippen molar-refractivity contribution in [3.63, 3.8) is 0 Å². The Bertz CT molecular complexity index is 622. The molecule has 0 saturated heterocycles. The molecule has 0 spiro atoms. The fraction of sp³-hybridized carbons (Fsp3) is 0.353. The fourth-order valence-corrected chi connectivity index (χ4v) is 2.39. The van der Waals surface area contributed by atoms with Gasteiger partial charge in [-0.1, -0.05) is 6.07 Å². The number of carbonyl (C=O) groups is 1. The average molecular weight is 301 g/mol. The topological polar surface area (TPSA) is 60.7 Å². The summed E-state index contributed by atoms with van der Waals surface area (Å²) in [4.78, 5) is 11.8. The molecule has 1 aromatic carbocycles. The second-order valence-corrected chi connectivity index (χ2v) is 5.22. The Hall–Kier alpha value is -2.43. The molecule has 5 nitrogen and oxygen atoms in total. The number of aryl methyl sites for hydroxylation is 2. The number of carbonyl (C=O) groups excluding carboxylic acids is 1. The van der Waals surface area contributed by atoms with Gasteiger partial charge < -0.3 is 19.2 Å². The monoisotopic (exact) mass is 301 g/mol. The quantitative estimate of drug-likeness (QED) is 0.799. The van der Waals surface area contributed by atoms with Gasteiger partial charge >= 0.3 is 0 Å². The van der Waals surface area contributed by atoms with Crippen LogP contribution in [0.3, 0.4) is 0 Å². The van der Waals surface area contributed by atoms with Crippen LogP contribution in [-0.4, -0.2) is 19.2 Å². The van der Waals surface area contributed by atoms with Gasteiger partial charge in [-0.15, -0.1) is 0 Å². The number of rotatable bonds is 7. The van der Waals surface area contributed by atoms with E-state index in [2.05, 4.69) is 5.32 Å². The van der Waals surface area contributed by atoms with Gasteiger partial charge in [0.05, 0.1) is 6.26 Å². The highest BCUT2D eigenvalue weighted by atomic mass is 16.7. The van der Waals surface area contributed by atoms with E-state index in [0.717, 1.165) is 35.7 Å². The molecule has 2 aromatic rings. The van der Waals surface area contributed by atoms with Crippen LogP contribution in [0, 0.1) is 0 Å². The zero-order chi connectivity index (χ0) is 15.2. The molecule has 0 aliphatic carbocycles. The molecule has 3 rings (SSSR count). The van der Waals surface area contributed by atoms with Gasteiger partial charge in [0, 0.05) is 19.4 Å². The summed E-state index contributed by atoms with van der Waals surface area (Å²) >= 11 is 0. The van der Waals surface area contributed by atoms with E-state index in [4.69, 9.17) is 13.9 Å². The van der Waals surface area contributed by atoms with E-state index in [1.807, 2.05) is 30.3 Å². The van der Waals surface area contributed by atoms with E-state index < -0.39 is 0 Å². The van der Waals surface area contributed by atoms with Crippen molar-refractivity contribution in [1.29, 1.82) is 0 Å². The summed E-state index contributed by atoms with van der Waals surface area (Å²) in [5.41, 5.74) is 1.08. The molecule has 1 aliphatic heterocycles. The lowest BCUT2D eigenvalue weighted by atomic mass is 10.1. The first-order valence-corrected chi connectivity index (χ1v) is 7.49. The van der Waals surface area contributed by atoms with Gasteiger partial charge in [-0.25, -0.2) is 0 Å². The molecule has 0 saturated carbocycles. The number of amides is 1. The van der Waals surface area contributed by atoms with Crippen molar-refractivity contribution in [2.45, 2.75) is 25.7 Å². The number of benzene rings is 1. The lowest BCUT2D eigenvalue weighted by Crippen LogP contribution is -2.24. The number of ether oxygens (including phenoxy) is 2. The van der Waals surface area contributed by atoms with E-state index in [0.29, 0.717) is 19.4 Å². The highest BCUT2D eigenvalue weighted by Gasteiger charge is 2.13. The van der Waals surface area contributed by atoms with E-state index in [1.54, 1.807) is 6.26 Å². The lowest BCUT2D eigenvalue weighted by molar-refractivity contribution is -0.121. The van der Waals surface area contributed by atoms with E-state index in [9.17, 15) is 4.79 Å². The Morgan fingerprint density at radius 2 is 2.05 bits per heavy atom. The minimum atomic E-state index is 0.0668. The SMILES string of the molecule is O=C(CCc1ccc2c(c1)OCO2)NCCCc1ccco1. The van der Waals surface area contributed by atoms with Crippen molar-refractivity contribution >= 4 is 5.91 Å². The summed E-state index contributed by atoms with van der Waals surface area (Å²) in [6, 6.07) is 9.61. The molecular weight excluding hydrogens is 282 g/mol. The molecule has 1 aromatic heterocycles. The van der Waals surface area contributed by atoms with Gasteiger partial charge in [0.15, 0.2) is 11.5 Å². The third-order valence-electron chi connectivity index (χ3n) is 3.58. The van der Waals surface area contributed by atoms with Crippen LogP contribution in [0.2, 0.25) is 0 Å². The van der Waals surface area contributed by atoms with Gasteiger partial charge in [0.25, 0.3) is 0 Å². The highest BCUT2D eigenvalue weighted by Crippen LogP contribution is 2.32. The fourth-order valence-electron chi connectivity index (χ4n) is 2.39. The summed E-state index contributed by atoms with van der Waals surface area (Å²) in [5.74, 6) is 2.55. The van der Waals surface area contributed by atoms with Crippen molar-refractivity contribution in [3.8, 4) is 11.5 Å². The van der Waals surface area contributed by atoms with Crippen LogP contribution in [0.15, 0.2) is 41.0 Å². The normalized spacial score (nSPS) is 12.4. The maximum atomic E-state index is 11.8. The predicted molar refractivity (Wildman–Crippen MR) is 80.9 cm³/mol. The molecule has 0 atom stereocenters. The van der Waals surface area contributed by atoms with Crippen molar-refractivity contribution in [1.82, 2.24) is 5.32 Å². The number of hydrogen-bond acceptors (Lipinski definition) is 4. The smallest absolute Gasteiger partial charge is 0.231 e. The Balaban J connectivity index is 1.35. The summed E-state index contributed by atoms with van der Waals surface area (Å²) in [7, 11) is 0. The van der Waals surface area contributed by atoms with Crippen molar-refractivity contribution < 1.29 is 18.7 Å². The Morgan fingerprint density at radius 3 is 2.91 bits per heavy atom.